The molecule has 0 saturated heterocycles. The molecule has 0 unspecified atom stereocenters. The average Bonchev–Trinajstić information content (AvgIpc) is 2.56. The highest BCUT2D eigenvalue weighted by atomic mass is 35.5. The van der Waals surface area contributed by atoms with Crippen molar-refractivity contribution in [1.29, 1.82) is 0 Å². The third-order valence-electron chi connectivity index (χ3n) is 3.85. The number of halogens is 1. The lowest BCUT2D eigenvalue weighted by Crippen LogP contribution is -2.41. The Balaban J connectivity index is 2.13. The molecule has 0 saturated carbocycles. The zero-order chi connectivity index (χ0) is 19.5. The van der Waals surface area contributed by atoms with Crippen molar-refractivity contribution in [3.8, 4) is 5.75 Å². The number of methoxy groups -OCH3 is 1. The first-order chi connectivity index (χ1) is 12.1. The molecule has 2 aromatic carbocycles. The molecule has 2 aromatic rings. The molecule has 0 spiro atoms. The fourth-order valence-corrected chi connectivity index (χ4v) is 3.90. The van der Waals surface area contributed by atoms with E-state index < -0.39 is 22.0 Å². The van der Waals surface area contributed by atoms with Crippen molar-refractivity contribution < 1.29 is 17.9 Å². The Morgan fingerprint density at radius 2 is 1.81 bits per heavy atom. The molecule has 2 N–H and O–H groups in total. The number of carbonyl (C=O) groups excluding carboxylic acids is 1. The number of ether oxygens (including phenoxy) is 1. The van der Waals surface area contributed by atoms with Gasteiger partial charge in [0.1, 0.15) is 5.75 Å². The lowest BCUT2D eigenvalue weighted by atomic mass is 10.2. The zero-order valence-electron chi connectivity index (χ0n) is 15.0. The van der Waals surface area contributed by atoms with Crippen LogP contribution < -0.4 is 14.8 Å². The van der Waals surface area contributed by atoms with Crippen molar-refractivity contribution in [1.82, 2.24) is 4.72 Å². The minimum atomic E-state index is -3.85. The standard InChI is InChI=1S/C18H21ClN2O4S/c1-11-9-14(19)5-7-16(11)20-18(22)13(3)21-26(23,24)15-6-8-17(25-4)12(2)10-15/h5-10,13,21H,1-4H3,(H,20,22)/t13-/m1/s1. The summed E-state index contributed by atoms with van der Waals surface area (Å²) in [7, 11) is -2.33. The Bertz CT molecular complexity index is 929. The molecule has 0 aliphatic rings. The molecular formula is C18H21ClN2O4S. The van der Waals surface area contributed by atoms with Gasteiger partial charge in [-0.25, -0.2) is 8.42 Å². The Hall–Kier alpha value is -2.09. The summed E-state index contributed by atoms with van der Waals surface area (Å²) in [6.45, 7) is 5.03. The second-order valence-corrected chi connectivity index (χ2v) is 8.07. The van der Waals surface area contributed by atoms with E-state index in [1.165, 1.54) is 26.2 Å². The van der Waals surface area contributed by atoms with Gasteiger partial charge >= 0.3 is 0 Å². The molecule has 1 atom stereocenters. The first kappa shape index (κ1) is 20.2. The van der Waals surface area contributed by atoms with Gasteiger partial charge < -0.3 is 10.1 Å². The fraction of sp³-hybridized carbons (Fsp3) is 0.278. The van der Waals surface area contributed by atoms with Crippen molar-refractivity contribution in [2.75, 3.05) is 12.4 Å². The molecule has 8 heteroatoms. The van der Waals surface area contributed by atoms with Gasteiger partial charge in [-0.15, -0.1) is 0 Å². The summed E-state index contributed by atoms with van der Waals surface area (Å²) in [4.78, 5) is 12.4. The Morgan fingerprint density at radius 3 is 2.38 bits per heavy atom. The van der Waals surface area contributed by atoms with Crippen molar-refractivity contribution in [2.45, 2.75) is 31.7 Å². The SMILES string of the molecule is COc1ccc(S(=O)(=O)N[C@H](C)C(=O)Nc2ccc(Cl)cc2C)cc1C. The minimum absolute atomic E-state index is 0.0677. The molecule has 0 heterocycles. The number of aryl methyl sites for hydroxylation is 2. The van der Waals surface area contributed by atoms with Gasteiger partial charge in [-0.2, -0.15) is 4.72 Å². The second-order valence-electron chi connectivity index (χ2n) is 5.92. The lowest BCUT2D eigenvalue weighted by molar-refractivity contribution is -0.117. The minimum Gasteiger partial charge on any atom is -0.496 e. The molecule has 1 amide bonds. The fourth-order valence-electron chi connectivity index (χ4n) is 2.38. The summed E-state index contributed by atoms with van der Waals surface area (Å²) in [6, 6.07) is 8.58. The smallest absolute Gasteiger partial charge is 0.242 e. The third-order valence-corrected chi connectivity index (χ3v) is 5.62. The van der Waals surface area contributed by atoms with Crippen LogP contribution in [0, 0.1) is 13.8 Å². The Kier molecular flexibility index (Phi) is 6.28. The van der Waals surface area contributed by atoms with E-state index in [1.54, 1.807) is 38.1 Å². The Labute approximate surface area is 158 Å². The van der Waals surface area contributed by atoms with E-state index in [0.717, 1.165) is 5.56 Å². The van der Waals surface area contributed by atoms with Crippen LogP contribution in [-0.2, 0) is 14.8 Å². The van der Waals surface area contributed by atoms with Gasteiger partial charge in [0.05, 0.1) is 18.0 Å². The van der Waals surface area contributed by atoms with Gasteiger partial charge in [0.15, 0.2) is 0 Å². The molecule has 26 heavy (non-hydrogen) atoms. The van der Waals surface area contributed by atoms with Crippen LogP contribution in [0.1, 0.15) is 18.1 Å². The van der Waals surface area contributed by atoms with Gasteiger partial charge in [-0.1, -0.05) is 11.6 Å². The normalized spacial score (nSPS) is 12.5. The van der Waals surface area contributed by atoms with Crippen LogP contribution in [-0.4, -0.2) is 27.5 Å². The number of amides is 1. The van der Waals surface area contributed by atoms with Crippen LogP contribution in [0.15, 0.2) is 41.3 Å². The maximum absolute atomic E-state index is 12.5. The van der Waals surface area contributed by atoms with Crippen LogP contribution in [0.3, 0.4) is 0 Å². The quantitative estimate of drug-likeness (QED) is 0.784. The van der Waals surface area contributed by atoms with Crippen molar-refractivity contribution >= 4 is 33.2 Å². The van der Waals surface area contributed by atoms with Crippen molar-refractivity contribution in [3.63, 3.8) is 0 Å². The molecule has 2 rings (SSSR count). The van der Waals surface area contributed by atoms with E-state index >= 15 is 0 Å². The topological polar surface area (TPSA) is 84.5 Å². The van der Waals surface area contributed by atoms with Crippen LogP contribution in [0.4, 0.5) is 5.69 Å². The monoisotopic (exact) mass is 396 g/mol. The maximum atomic E-state index is 12.5. The molecule has 0 aliphatic heterocycles. The van der Waals surface area contributed by atoms with Crippen LogP contribution in [0.2, 0.25) is 5.02 Å². The first-order valence-electron chi connectivity index (χ1n) is 7.88. The van der Waals surface area contributed by atoms with Gasteiger partial charge in [0.25, 0.3) is 0 Å². The molecule has 0 radical (unpaired) electrons. The summed E-state index contributed by atoms with van der Waals surface area (Å²) in [5.41, 5.74) is 2.04. The van der Waals surface area contributed by atoms with Gasteiger partial charge in [0.2, 0.25) is 15.9 Å². The molecule has 0 aromatic heterocycles. The van der Waals surface area contributed by atoms with E-state index in [-0.39, 0.29) is 4.90 Å². The highest BCUT2D eigenvalue weighted by Crippen LogP contribution is 2.22. The number of hydrogen-bond acceptors (Lipinski definition) is 4. The number of nitrogens with one attached hydrogen (secondary N) is 2. The maximum Gasteiger partial charge on any atom is 0.242 e. The van der Waals surface area contributed by atoms with Gasteiger partial charge in [0, 0.05) is 10.7 Å². The number of anilines is 1. The van der Waals surface area contributed by atoms with E-state index in [9.17, 15) is 13.2 Å². The number of hydrogen-bond donors (Lipinski definition) is 2. The summed E-state index contributed by atoms with van der Waals surface area (Å²) >= 11 is 5.89. The van der Waals surface area contributed by atoms with Crippen LogP contribution in [0.25, 0.3) is 0 Å². The zero-order valence-corrected chi connectivity index (χ0v) is 16.5. The van der Waals surface area contributed by atoms with Crippen molar-refractivity contribution in [3.05, 3.63) is 52.5 Å². The van der Waals surface area contributed by atoms with E-state index in [0.29, 0.717) is 22.0 Å². The van der Waals surface area contributed by atoms with E-state index in [1.807, 2.05) is 0 Å². The molecule has 0 fully saturated rings. The number of benzene rings is 2. The highest BCUT2D eigenvalue weighted by Gasteiger charge is 2.23. The first-order valence-corrected chi connectivity index (χ1v) is 9.74. The number of rotatable bonds is 6. The molecule has 0 bridgehead atoms. The highest BCUT2D eigenvalue weighted by molar-refractivity contribution is 7.89. The molecular weight excluding hydrogens is 376 g/mol. The lowest BCUT2D eigenvalue weighted by Gasteiger charge is -2.16. The van der Waals surface area contributed by atoms with E-state index in [4.69, 9.17) is 16.3 Å². The molecule has 140 valence electrons. The van der Waals surface area contributed by atoms with Crippen LogP contribution >= 0.6 is 11.6 Å². The van der Waals surface area contributed by atoms with Gasteiger partial charge in [-0.05, 0) is 68.3 Å². The Morgan fingerprint density at radius 1 is 1.12 bits per heavy atom. The van der Waals surface area contributed by atoms with E-state index in [2.05, 4.69) is 10.0 Å². The van der Waals surface area contributed by atoms with Crippen LogP contribution in [0.5, 0.6) is 5.75 Å². The summed E-state index contributed by atoms with van der Waals surface area (Å²) in [5.74, 6) is 0.122. The van der Waals surface area contributed by atoms with Crippen molar-refractivity contribution in [2.24, 2.45) is 0 Å². The molecule has 0 aliphatic carbocycles. The molecule has 6 nitrogen and oxygen atoms in total. The average molecular weight is 397 g/mol. The predicted molar refractivity (Wildman–Crippen MR) is 102 cm³/mol. The number of carbonyl (C=O) groups is 1. The largest absolute Gasteiger partial charge is 0.496 e. The number of sulfonamides is 1. The summed E-state index contributed by atoms with van der Waals surface area (Å²) < 4.78 is 32.5. The predicted octanol–water partition coefficient (Wildman–Crippen LogP) is 3.27. The van der Waals surface area contributed by atoms with Gasteiger partial charge in [-0.3, -0.25) is 4.79 Å². The summed E-state index contributed by atoms with van der Waals surface area (Å²) in [6.07, 6.45) is 0. The summed E-state index contributed by atoms with van der Waals surface area (Å²) in [5, 5.41) is 3.26. The third kappa shape index (κ3) is 4.75. The second kappa shape index (κ2) is 8.07.